The summed E-state index contributed by atoms with van der Waals surface area (Å²) in [7, 11) is 0. The average molecular weight is 612 g/mol. The lowest BCUT2D eigenvalue weighted by atomic mass is 10.1. The van der Waals surface area contributed by atoms with Gasteiger partial charge in [0.25, 0.3) is 0 Å². The number of carbonyl (C=O) groups excluding carboxylic acids is 7. The second-order valence-corrected chi connectivity index (χ2v) is 8.60. The van der Waals surface area contributed by atoms with Gasteiger partial charge in [-0.2, -0.15) is 0 Å². The fourth-order valence-electron chi connectivity index (χ4n) is 3.56. The quantitative estimate of drug-likeness (QED) is 0.137. The monoisotopic (exact) mass is 612 g/mol. The largest absolute Gasteiger partial charge is 0.423 e. The van der Waals surface area contributed by atoms with Crippen molar-refractivity contribution >= 4 is 62.2 Å². The van der Waals surface area contributed by atoms with Crippen molar-refractivity contribution in [2.24, 2.45) is 0 Å². The fraction of sp³-hybridized carbons (Fsp3) is 0. The van der Waals surface area contributed by atoms with E-state index in [0.29, 0.717) is 0 Å². The van der Waals surface area contributed by atoms with Crippen LogP contribution in [0.1, 0.15) is 72.5 Å². The third kappa shape index (κ3) is 4.49. The smallest absolute Gasteiger partial charge is 0.346 e. The molecule has 0 N–H and O–H groups in total. The van der Waals surface area contributed by atoms with E-state index < -0.39 is 39.6 Å². The molecule has 12 heteroatoms. The Hall–Kier alpha value is -4.72. The van der Waals surface area contributed by atoms with Crippen LogP contribution >= 0.6 is 22.6 Å². The molecule has 0 aliphatic carbocycles. The second-order valence-electron chi connectivity index (χ2n) is 7.62. The van der Waals surface area contributed by atoms with Gasteiger partial charge in [0.15, 0.2) is 0 Å². The number of hydrogen-bond acceptors (Lipinski definition) is 11. The van der Waals surface area contributed by atoms with Crippen LogP contribution < -0.4 is 9.47 Å². The zero-order valence-corrected chi connectivity index (χ0v) is 20.2. The van der Waals surface area contributed by atoms with Crippen molar-refractivity contribution < 1.29 is 52.5 Å². The molecule has 0 radical (unpaired) electrons. The first-order valence-electron chi connectivity index (χ1n) is 10.2. The molecule has 2 heterocycles. The summed E-state index contributed by atoms with van der Waals surface area (Å²) in [6, 6.07) is 11.0. The highest BCUT2D eigenvalue weighted by atomic mass is 127. The maximum absolute atomic E-state index is 12.7. The molecule has 0 unspecified atom stereocenters. The molecule has 0 saturated heterocycles. The van der Waals surface area contributed by atoms with Crippen LogP contribution in [0.3, 0.4) is 0 Å². The van der Waals surface area contributed by atoms with Crippen LogP contribution in [0.5, 0.6) is 11.5 Å². The molecule has 37 heavy (non-hydrogen) atoms. The molecule has 5 rings (SSSR count). The first kappa shape index (κ1) is 24.0. The van der Waals surface area contributed by atoms with Crippen LogP contribution in [0.15, 0.2) is 54.6 Å². The molecule has 3 aromatic rings. The van der Waals surface area contributed by atoms with Crippen molar-refractivity contribution in [3.63, 3.8) is 0 Å². The van der Waals surface area contributed by atoms with E-state index in [9.17, 15) is 33.6 Å². The summed E-state index contributed by atoms with van der Waals surface area (Å²) in [5, 5.41) is 0. The van der Waals surface area contributed by atoms with E-state index in [1.807, 2.05) is 0 Å². The summed E-state index contributed by atoms with van der Waals surface area (Å²) >= 11 is 1.49. The Bertz CT molecular complexity index is 1510. The second kappa shape index (κ2) is 9.05. The first-order valence-corrected chi connectivity index (χ1v) is 11.3. The first-order chi connectivity index (χ1) is 17.6. The third-order valence-electron chi connectivity index (χ3n) is 5.29. The topological polar surface area (TPSA) is 156 Å². The number of carbonyl (C=O) groups is 7. The van der Waals surface area contributed by atoms with E-state index in [1.165, 1.54) is 65.1 Å². The number of benzene rings is 3. The van der Waals surface area contributed by atoms with Crippen molar-refractivity contribution in [3.8, 4) is 11.5 Å². The number of halogens is 1. The minimum absolute atomic E-state index is 0.0115. The third-order valence-corrected chi connectivity index (χ3v) is 5.91. The Morgan fingerprint density at radius 3 is 1.35 bits per heavy atom. The highest BCUT2D eigenvalue weighted by molar-refractivity contribution is 14.1. The summed E-state index contributed by atoms with van der Waals surface area (Å²) in [5.74, 6) is -5.61. The Balaban J connectivity index is 1.40. The molecule has 2 aliphatic heterocycles. The van der Waals surface area contributed by atoms with Gasteiger partial charge in [-0.1, -0.05) is 0 Å². The predicted molar refractivity (Wildman–Crippen MR) is 127 cm³/mol. The van der Waals surface area contributed by atoms with E-state index >= 15 is 0 Å². The van der Waals surface area contributed by atoms with Crippen LogP contribution in [0.25, 0.3) is 0 Å². The van der Waals surface area contributed by atoms with E-state index in [0.717, 1.165) is 12.1 Å². The summed E-state index contributed by atoms with van der Waals surface area (Å²) < 4.78 is 19.1. The molecular formula is C25H9IO11. The Kier molecular flexibility index (Phi) is 5.87. The van der Waals surface area contributed by atoms with Crippen molar-refractivity contribution in [2.75, 3.05) is 0 Å². The van der Waals surface area contributed by atoms with Gasteiger partial charge in [0.1, 0.15) is 11.5 Å². The zero-order chi connectivity index (χ0) is 26.4. The fourth-order valence-corrected chi connectivity index (χ4v) is 3.87. The number of cyclic esters (lactones) is 4. The van der Waals surface area contributed by atoms with Crippen molar-refractivity contribution in [1.29, 1.82) is 0 Å². The molecule has 0 aromatic heterocycles. The molecule has 0 bridgehead atoms. The molecule has 0 saturated carbocycles. The highest BCUT2D eigenvalue weighted by Gasteiger charge is 2.32. The van der Waals surface area contributed by atoms with Crippen molar-refractivity contribution in [1.82, 2.24) is 0 Å². The van der Waals surface area contributed by atoms with Gasteiger partial charge in [0, 0.05) is 34.2 Å². The summed E-state index contributed by atoms with van der Waals surface area (Å²) in [6.45, 7) is 0. The van der Waals surface area contributed by atoms with Crippen molar-refractivity contribution in [3.05, 3.63) is 93.5 Å². The van der Waals surface area contributed by atoms with Crippen LogP contribution in [0.2, 0.25) is 0 Å². The summed E-state index contributed by atoms with van der Waals surface area (Å²) in [5.41, 5.74) is -0.269. The van der Waals surface area contributed by atoms with Crippen LogP contribution in [0.4, 0.5) is 0 Å². The Morgan fingerprint density at radius 2 is 0.946 bits per heavy atom. The standard InChI is InChI=1S/C25H9IO11/c26-19(27)12-5-13(34-20(28)10-1-3-15-17(7-10)24(32)36-22(15)30)9-14(6-12)35-21(29)11-2-4-16-18(8-11)25(33)37-23(16)31/h1-9H. The lowest BCUT2D eigenvalue weighted by molar-refractivity contribution is 0.0425. The Morgan fingerprint density at radius 1 is 0.541 bits per heavy atom. The predicted octanol–water partition coefficient (Wildman–Crippen LogP) is 3.32. The van der Waals surface area contributed by atoms with Gasteiger partial charge in [-0.3, -0.25) is 4.79 Å². The lowest BCUT2D eigenvalue weighted by Gasteiger charge is -2.10. The minimum Gasteiger partial charge on any atom is -0.423 e. The maximum Gasteiger partial charge on any atom is 0.346 e. The maximum atomic E-state index is 12.7. The van der Waals surface area contributed by atoms with Crippen LogP contribution in [-0.2, 0) is 9.47 Å². The summed E-state index contributed by atoms with van der Waals surface area (Å²) in [4.78, 5) is 84.1. The number of hydrogen-bond donors (Lipinski definition) is 0. The van der Waals surface area contributed by atoms with Gasteiger partial charge in [0.2, 0.25) is 3.79 Å². The van der Waals surface area contributed by atoms with E-state index in [1.54, 1.807) is 0 Å². The van der Waals surface area contributed by atoms with E-state index in [2.05, 4.69) is 9.47 Å². The van der Waals surface area contributed by atoms with Gasteiger partial charge >= 0.3 is 35.8 Å². The SMILES string of the molecule is O=C(I)c1cc(OC(=O)c2ccc3c(c2)C(=O)OC3=O)cc(OC(=O)c2ccc3c(c2)C(=O)OC3=O)c1. The van der Waals surface area contributed by atoms with Gasteiger partial charge in [0.05, 0.1) is 33.4 Å². The summed E-state index contributed by atoms with van der Waals surface area (Å²) in [6.07, 6.45) is 0. The molecule has 0 amide bonds. The Labute approximate surface area is 219 Å². The van der Waals surface area contributed by atoms with Gasteiger partial charge in [-0.25, -0.2) is 28.8 Å². The number of rotatable bonds is 5. The zero-order valence-electron chi connectivity index (χ0n) is 18.1. The average Bonchev–Trinajstić information content (AvgIpc) is 3.31. The molecule has 0 atom stereocenters. The molecule has 3 aromatic carbocycles. The molecule has 0 fully saturated rings. The highest BCUT2D eigenvalue weighted by Crippen LogP contribution is 2.28. The molecule has 182 valence electrons. The molecule has 2 aliphatic rings. The number of esters is 6. The number of fused-ring (bicyclic) bond motifs is 2. The van der Waals surface area contributed by atoms with Crippen molar-refractivity contribution in [2.45, 2.75) is 0 Å². The van der Waals surface area contributed by atoms with Gasteiger partial charge < -0.3 is 18.9 Å². The van der Waals surface area contributed by atoms with Crippen LogP contribution in [-0.4, -0.2) is 39.6 Å². The number of ether oxygens (including phenoxy) is 4. The normalized spacial score (nSPS) is 13.4. The minimum atomic E-state index is -0.924. The van der Waals surface area contributed by atoms with Crippen LogP contribution in [0, 0.1) is 0 Å². The molecular weight excluding hydrogens is 603 g/mol. The van der Waals surface area contributed by atoms with E-state index in [4.69, 9.17) is 9.47 Å². The molecule has 0 spiro atoms. The molecule has 11 nitrogen and oxygen atoms in total. The lowest BCUT2D eigenvalue weighted by Crippen LogP contribution is -2.12. The van der Waals surface area contributed by atoms with Gasteiger partial charge in [-0.15, -0.1) is 0 Å². The van der Waals surface area contributed by atoms with Gasteiger partial charge in [-0.05, 0) is 48.5 Å². The van der Waals surface area contributed by atoms with E-state index in [-0.39, 0.29) is 50.4 Å².